The fourth-order valence-corrected chi connectivity index (χ4v) is 4.08. The topological polar surface area (TPSA) is 48.9 Å². The smallest absolute Gasteiger partial charge is 0.385 e. The summed E-state index contributed by atoms with van der Waals surface area (Å²) in [4.78, 5) is 6.32. The summed E-state index contributed by atoms with van der Waals surface area (Å²) < 4.78 is 47.0. The maximum absolute atomic E-state index is 14.0. The SMILES string of the molecule is COCCCC1CN(c2c(C(F)(F)F)ccc3c2C=Nc2ccccc2N3)CCN1. The molecule has 2 N–H and O–H groups in total. The number of halogens is 3. The number of anilines is 3. The number of hydrogen-bond acceptors (Lipinski definition) is 5. The van der Waals surface area contributed by atoms with Gasteiger partial charge in [-0.05, 0) is 37.1 Å². The first-order chi connectivity index (χ1) is 14.5. The van der Waals surface area contributed by atoms with Gasteiger partial charge in [0, 0.05) is 56.9 Å². The van der Waals surface area contributed by atoms with Crippen LogP contribution in [0.2, 0.25) is 0 Å². The van der Waals surface area contributed by atoms with E-state index in [2.05, 4.69) is 15.6 Å². The number of hydrogen-bond donors (Lipinski definition) is 2. The Morgan fingerprint density at radius 3 is 2.80 bits per heavy atom. The third-order valence-electron chi connectivity index (χ3n) is 5.50. The first kappa shape index (κ1) is 20.7. The molecule has 8 heteroatoms. The summed E-state index contributed by atoms with van der Waals surface area (Å²) in [5.74, 6) is 0. The standard InChI is InChI=1S/C22H25F3N4O/c1-30-12-4-5-15-14-29(11-10-26-15)21-16-13-27-19-6-2-3-7-20(19)28-18(16)9-8-17(21)22(23,24)25/h2-3,6-9,13,15,26,28H,4-5,10-12,14H2,1H3. The molecule has 1 saturated heterocycles. The van der Waals surface area contributed by atoms with Gasteiger partial charge in [-0.2, -0.15) is 13.2 Å². The van der Waals surface area contributed by atoms with E-state index >= 15 is 0 Å². The van der Waals surface area contributed by atoms with Crippen LogP contribution < -0.4 is 15.5 Å². The molecule has 0 spiro atoms. The van der Waals surface area contributed by atoms with Crippen molar-refractivity contribution in [2.45, 2.75) is 25.1 Å². The second-order valence-electron chi connectivity index (χ2n) is 7.55. The third-order valence-corrected chi connectivity index (χ3v) is 5.50. The lowest BCUT2D eigenvalue weighted by Gasteiger charge is -2.37. The van der Waals surface area contributed by atoms with Crippen LogP contribution in [0.25, 0.3) is 0 Å². The van der Waals surface area contributed by atoms with E-state index in [0.29, 0.717) is 43.2 Å². The van der Waals surface area contributed by atoms with Gasteiger partial charge in [0.1, 0.15) is 0 Å². The number of nitrogens with zero attached hydrogens (tertiary/aromatic N) is 2. The molecule has 160 valence electrons. The first-order valence-electron chi connectivity index (χ1n) is 10.1. The van der Waals surface area contributed by atoms with Crippen molar-refractivity contribution in [3.8, 4) is 0 Å². The van der Waals surface area contributed by atoms with Crippen LogP contribution in [0.1, 0.15) is 24.0 Å². The summed E-state index contributed by atoms with van der Waals surface area (Å²) >= 11 is 0. The number of ether oxygens (including phenoxy) is 1. The van der Waals surface area contributed by atoms with Crippen molar-refractivity contribution in [3.63, 3.8) is 0 Å². The molecule has 0 radical (unpaired) electrons. The number of piperazine rings is 1. The van der Waals surface area contributed by atoms with Crippen LogP contribution in [0, 0.1) is 0 Å². The molecule has 0 aromatic heterocycles. The van der Waals surface area contributed by atoms with E-state index in [1.54, 1.807) is 13.3 Å². The lowest BCUT2D eigenvalue weighted by atomic mass is 10.0. The first-order valence-corrected chi connectivity index (χ1v) is 10.1. The highest BCUT2D eigenvalue weighted by Gasteiger charge is 2.38. The van der Waals surface area contributed by atoms with Gasteiger partial charge in [-0.1, -0.05) is 12.1 Å². The number of fused-ring (bicyclic) bond motifs is 2. The summed E-state index contributed by atoms with van der Waals surface area (Å²) in [5, 5.41) is 6.68. The largest absolute Gasteiger partial charge is 0.418 e. The van der Waals surface area contributed by atoms with Crippen molar-refractivity contribution in [3.05, 3.63) is 47.5 Å². The van der Waals surface area contributed by atoms with Crippen LogP contribution in [-0.2, 0) is 10.9 Å². The predicted molar refractivity (Wildman–Crippen MR) is 114 cm³/mol. The Kier molecular flexibility index (Phi) is 5.97. The number of methoxy groups -OCH3 is 1. The normalized spacial score (nSPS) is 18.4. The van der Waals surface area contributed by atoms with Crippen molar-refractivity contribution < 1.29 is 17.9 Å². The molecule has 2 aliphatic heterocycles. The Hall–Kier alpha value is -2.58. The Labute approximate surface area is 173 Å². The molecule has 2 aromatic carbocycles. The molecular formula is C22H25F3N4O. The average Bonchev–Trinajstić information content (AvgIpc) is 2.92. The molecule has 0 bridgehead atoms. The van der Waals surface area contributed by atoms with Crippen molar-refractivity contribution in [1.82, 2.24) is 5.32 Å². The number of alkyl halides is 3. The quantitative estimate of drug-likeness (QED) is 0.589. The Morgan fingerprint density at radius 2 is 2.00 bits per heavy atom. The lowest BCUT2D eigenvalue weighted by Crippen LogP contribution is -2.51. The van der Waals surface area contributed by atoms with Crippen molar-refractivity contribution >= 4 is 29.0 Å². The lowest BCUT2D eigenvalue weighted by molar-refractivity contribution is -0.137. The molecule has 2 aliphatic rings. The number of nitrogens with one attached hydrogen (secondary N) is 2. The van der Waals surface area contributed by atoms with Crippen LogP contribution in [0.3, 0.4) is 0 Å². The molecule has 30 heavy (non-hydrogen) atoms. The molecule has 0 aliphatic carbocycles. The zero-order chi connectivity index (χ0) is 21.1. The molecule has 1 unspecified atom stereocenters. The fraction of sp³-hybridized carbons (Fsp3) is 0.409. The number of para-hydroxylation sites is 2. The second-order valence-corrected chi connectivity index (χ2v) is 7.55. The van der Waals surface area contributed by atoms with Crippen LogP contribution in [0.4, 0.5) is 35.9 Å². The number of aliphatic imine (C=N–C) groups is 1. The summed E-state index contributed by atoms with van der Waals surface area (Å²) in [6, 6.07) is 10.2. The monoisotopic (exact) mass is 418 g/mol. The van der Waals surface area contributed by atoms with Gasteiger partial charge >= 0.3 is 6.18 Å². The van der Waals surface area contributed by atoms with Gasteiger partial charge in [-0.25, -0.2) is 0 Å². The summed E-state index contributed by atoms with van der Waals surface area (Å²) in [7, 11) is 1.65. The highest BCUT2D eigenvalue weighted by Crippen LogP contribution is 2.43. The van der Waals surface area contributed by atoms with Crippen LogP contribution in [0.5, 0.6) is 0 Å². The fourth-order valence-electron chi connectivity index (χ4n) is 4.08. The molecule has 2 heterocycles. The Bertz CT molecular complexity index is 929. The number of benzene rings is 2. The van der Waals surface area contributed by atoms with Crippen molar-refractivity contribution in [1.29, 1.82) is 0 Å². The van der Waals surface area contributed by atoms with E-state index in [-0.39, 0.29) is 11.7 Å². The van der Waals surface area contributed by atoms with E-state index < -0.39 is 11.7 Å². The molecule has 1 fully saturated rings. The molecule has 2 aromatic rings. The highest BCUT2D eigenvalue weighted by atomic mass is 19.4. The minimum Gasteiger partial charge on any atom is -0.385 e. The molecule has 0 amide bonds. The maximum Gasteiger partial charge on any atom is 0.418 e. The minimum absolute atomic E-state index is 0.110. The van der Waals surface area contributed by atoms with Gasteiger partial charge in [0.25, 0.3) is 0 Å². The van der Waals surface area contributed by atoms with E-state index in [0.717, 1.165) is 18.5 Å². The number of rotatable bonds is 5. The predicted octanol–water partition coefficient (Wildman–Crippen LogP) is 4.72. The van der Waals surface area contributed by atoms with Crippen LogP contribution in [-0.4, -0.2) is 45.6 Å². The Balaban J connectivity index is 1.73. The van der Waals surface area contributed by atoms with Gasteiger partial charge in [0.2, 0.25) is 0 Å². The minimum atomic E-state index is -4.45. The molecule has 5 nitrogen and oxygen atoms in total. The summed E-state index contributed by atoms with van der Waals surface area (Å²) in [6.07, 6.45) is -1.19. The molecular weight excluding hydrogens is 393 g/mol. The average molecular weight is 418 g/mol. The van der Waals surface area contributed by atoms with E-state index in [1.165, 1.54) is 12.1 Å². The van der Waals surface area contributed by atoms with E-state index in [1.807, 2.05) is 29.2 Å². The zero-order valence-corrected chi connectivity index (χ0v) is 16.8. The second kappa shape index (κ2) is 8.65. The summed E-state index contributed by atoms with van der Waals surface area (Å²) in [6.45, 7) is 2.27. The van der Waals surface area contributed by atoms with E-state index in [9.17, 15) is 13.2 Å². The van der Waals surface area contributed by atoms with Gasteiger partial charge in [-0.15, -0.1) is 0 Å². The zero-order valence-electron chi connectivity index (χ0n) is 16.8. The maximum atomic E-state index is 14.0. The highest BCUT2D eigenvalue weighted by molar-refractivity contribution is 6.01. The van der Waals surface area contributed by atoms with Crippen LogP contribution >= 0.6 is 0 Å². The molecule has 4 rings (SSSR count). The van der Waals surface area contributed by atoms with Gasteiger partial charge in [-0.3, -0.25) is 4.99 Å². The van der Waals surface area contributed by atoms with E-state index in [4.69, 9.17) is 4.74 Å². The summed E-state index contributed by atoms with van der Waals surface area (Å²) in [5.41, 5.74) is 2.14. The molecule has 0 saturated carbocycles. The van der Waals surface area contributed by atoms with Crippen molar-refractivity contribution in [2.75, 3.05) is 43.6 Å². The van der Waals surface area contributed by atoms with Gasteiger partial charge in [0.05, 0.1) is 22.6 Å². The van der Waals surface area contributed by atoms with Gasteiger partial charge < -0.3 is 20.3 Å². The molecule has 1 atom stereocenters. The van der Waals surface area contributed by atoms with Crippen molar-refractivity contribution in [2.24, 2.45) is 4.99 Å². The van der Waals surface area contributed by atoms with Gasteiger partial charge in [0.15, 0.2) is 0 Å². The Morgan fingerprint density at radius 1 is 1.17 bits per heavy atom. The third kappa shape index (κ3) is 4.29. The van der Waals surface area contributed by atoms with Crippen LogP contribution in [0.15, 0.2) is 41.4 Å².